The lowest BCUT2D eigenvalue weighted by molar-refractivity contribution is -0.0640. The number of halogens is 1. The van der Waals surface area contributed by atoms with Gasteiger partial charge < -0.3 is 19.3 Å². The maximum absolute atomic E-state index is 13.8. The average molecular weight is 321 g/mol. The summed E-state index contributed by atoms with van der Waals surface area (Å²) in [6, 6.07) is 1.59. The Bertz CT molecular complexity index is 642. The second-order valence-electron chi connectivity index (χ2n) is 5.62. The first kappa shape index (κ1) is 15.9. The van der Waals surface area contributed by atoms with E-state index in [9.17, 15) is 4.39 Å². The Morgan fingerprint density at radius 3 is 3.04 bits per heavy atom. The molecule has 1 aliphatic rings. The van der Waals surface area contributed by atoms with Crippen LogP contribution in [-0.2, 0) is 16.1 Å². The van der Waals surface area contributed by atoms with Gasteiger partial charge >= 0.3 is 0 Å². The quantitative estimate of drug-likeness (QED) is 0.913. The normalized spacial score (nSPS) is 21.3. The van der Waals surface area contributed by atoms with Crippen molar-refractivity contribution in [2.24, 2.45) is 0 Å². The van der Waals surface area contributed by atoms with Crippen LogP contribution in [-0.4, -0.2) is 35.5 Å². The van der Waals surface area contributed by atoms with Crippen molar-refractivity contribution in [3.8, 4) is 0 Å². The van der Waals surface area contributed by atoms with Crippen molar-refractivity contribution >= 4 is 5.69 Å². The van der Waals surface area contributed by atoms with Crippen LogP contribution in [0.5, 0.6) is 0 Å². The predicted molar refractivity (Wildman–Crippen MR) is 81.6 cm³/mol. The fourth-order valence-electron chi connectivity index (χ4n) is 2.63. The van der Waals surface area contributed by atoms with Gasteiger partial charge in [-0.05, 0) is 26.3 Å². The van der Waals surface area contributed by atoms with Crippen LogP contribution in [0.1, 0.15) is 23.4 Å². The molecule has 0 spiro atoms. The molecule has 2 aromatic rings. The molecule has 0 unspecified atom stereocenters. The van der Waals surface area contributed by atoms with E-state index in [-0.39, 0.29) is 18.0 Å². The summed E-state index contributed by atoms with van der Waals surface area (Å²) in [6.07, 6.45) is 3.32. The minimum atomic E-state index is -0.372. The lowest BCUT2D eigenvalue weighted by atomic mass is 10.1. The molecule has 0 bridgehead atoms. The number of aromatic nitrogens is 2. The molecule has 6 nitrogen and oxygen atoms in total. The van der Waals surface area contributed by atoms with E-state index in [1.54, 1.807) is 12.3 Å². The maximum Gasteiger partial charge on any atom is 0.164 e. The Labute approximate surface area is 134 Å². The van der Waals surface area contributed by atoms with Crippen LogP contribution in [0.2, 0.25) is 0 Å². The van der Waals surface area contributed by atoms with E-state index in [0.717, 1.165) is 23.4 Å². The molecule has 0 saturated carbocycles. The molecule has 7 heteroatoms. The van der Waals surface area contributed by atoms with Gasteiger partial charge in [0.05, 0.1) is 36.8 Å². The van der Waals surface area contributed by atoms with Gasteiger partial charge in [-0.1, -0.05) is 5.16 Å². The number of rotatable bonds is 5. The number of anilines is 1. The van der Waals surface area contributed by atoms with Crippen LogP contribution in [0.15, 0.2) is 23.0 Å². The third-order valence-electron chi connectivity index (χ3n) is 4.04. The van der Waals surface area contributed by atoms with Crippen LogP contribution in [0.3, 0.4) is 0 Å². The zero-order chi connectivity index (χ0) is 16.2. The molecule has 1 fully saturated rings. The molecule has 0 amide bonds. The number of nitrogens with zero attached hydrogens (tertiary/aromatic N) is 2. The van der Waals surface area contributed by atoms with E-state index in [1.165, 1.54) is 6.20 Å². The molecular weight excluding hydrogens is 301 g/mol. The van der Waals surface area contributed by atoms with Crippen molar-refractivity contribution in [3.63, 3.8) is 0 Å². The zero-order valence-electron chi connectivity index (χ0n) is 13.2. The minimum absolute atomic E-state index is 0.0267. The fourth-order valence-corrected chi connectivity index (χ4v) is 2.63. The van der Waals surface area contributed by atoms with Gasteiger partial charge in [-0.25, -0.2) is 4.39 Å². The SMILES string of the molecule is Cc1noc(C)c1CO[C@@H]1COCC[C@H]1Nc1ccncc1F. The van der Waals surface area contributed by atoms with Gasteiger partial charge in [0, 0.05) is 18.4 Å². The fraction of sp³-hybridized carbons (Fsp3) is 0.500. The van der Waals surface area contributed by atoms with Gasteiger partial charge in [0.25, 0.3) is 0 Å². The van der Waals surface area contributed by atoms with Gasteiger partial charge in [0.2, 0.25) is 0 Å². The Balaban J connectivity index is 1.66. The zero-order valence-corrected chi connectivity index (χ0v) is 13.2. The van der Waals surface area contributed by atoms with Crippen molar-refractivity contribution in [1.82, 2.24) is 10.1 Å². The second-order valence-corrected chi connectivity index (χ2v) is 5.62. The van der Waals surface area contributed by atoms with E-state index in [4.69, 9.17) is 14.0 Å². The first-order valence-electron chi connectivity index (χ1n) is 7.62. The lowest BCUT2D eigenvalue weighted by Crippen LogP contribution is -2.43. The first-order valence-corrected chi connectivity index (χ1v) is 7.62. The van der Waals surface area contributed by atoms with Crippen molar-refractivity contribution in [1.29, 1.82) is 0 Å². The minimum Gasteiger partial charge on any atom is -0.379 e. The molecule has 3 heterocycles. The van der Waals surface area contributed by atoms with E-state index < -0.39 is 0 Å². The predicted octanol–water partition coefficient (Wildman–Crippen LogP) is 2.61. The molecule has 23 heavy (non-hydrogen) atoms. The van der Waals surface area contributed by atoms with Gasteiger partial charge in [-0.15, -0.1) is 0 Å². The number of nitrogens with one attached hydrogen (secondary N) is 1. The molecule has 0 aliphatic carbocycles. The molecule has 0 aromatic carbocycles. The molecular formula is C16H20FN3O3. The highest BCUT2D eigenvalue weighted by atomic mass is 19.1. The maximum atomic E-state index is 13.8. The number of ether oxygens (including phenoxy) is 2. The molecule has 0 radical (unpaired) electrons. The van der Waals surface area contributed by atoms with Crippen LogP contribution in [0.25, 0.3) is 0 Å². The molecule has 1 saturated heterocycles. The van der Waals surface area contributed by atoms with Crippen LogP contribution in [0.4, 0.5) is 10.1 Å². The van der Waals surface area contributed by atoms with Crippen molar-refractivity contribution in [3.05, 3.63) is 41.3 Å². The molecule has 1 aliphatic heterocycles. The smallest absolute Gasteiger partial charge is 0.164 e. The number of hydrogen-bond donors (Lipinski definition) is 1. The third kappa shape index (κ3) is 3.68. The summed E-state index contributed by atoms with van der Waals surface area (Å²) >= 11 is 0. The largest absolute Gasteiger partial charge is 0.379 e. The van der Waals surface area contributed by atoms with Crippen molar-refractivity contribution < 1.29 is 18.4 Å². The van der Waals surface area contributed by atoms with Crippen LogP contribution in [0, 0.1) is 19.7 Å². The van der Waals surface area contributed by atoms with Crippen molar-refractivity contribution in [2.75, 3.05) is 18.5 Å². The molecule has 1 N–H and O–H groups in total. The van der Waals surface area contributed by atoms with Gasteiger partial charge in [0.1, 0.15) is 11.9 Å². The lowest BCUT2D eigenvalue weighted by Gasteiger charge is -2.32. The topological polar surface area (TPSA) is 69.4 Å². The Morgan fingerprint density at radius 2 is 2.30 bits per heavy atom. The summed E-state index contributed by atoms with van der Waals surface area (Å²) < 4.78 is 30.4. The third-order valence-corrected chi connectivity index (χ3v) is 4.04. The highest BCUT2D eigenvalue weighted by Crippen LogP contribution is 2.21. The van der Waals surface area contributed by atoms with Gasteiger partial charge in [-0.2, -0.15) is 0 Å². The van der Waals surface area contributed by atoms with Crippen molar-refractivity contribution in [2.45, 2.75) is 39.0 Å². The van der Waals surface area contributed by atoms with E-state index >= 15 is 0 Å². The average Bonchev–Trinajstić information content (AvgIpc) is 2.87. The van der Waals surface area contributed by atoms with Gasteiger partial charge in [-0.3, -0.25) is 4.98 Å². The highest BCUT2D eigenvalue weighted by Gasteiger charge is 2.28. The monoisotopic (exact) mass is 321 g/mol. The summed E-state index contributed by atoms with van der Waals surface area (Å²) in [5, 5.41) is 7.12. The summed E-state index contributed by atoms with van der Waals surface area (Å²) in [5.74, 6) is 0.382. The van der Waals surface area contributed by atoms with Crippen LogP contribution >= 0.6 is 0 Å². The Morgan fingerprint density at radius 1 is 1.43 bits per heavy atom. The van der Waals surface area contributed by atoms with E-state index in [1.807, 2.05) is 13.8 Å². The first-order chi connectivity index (χ1) is 11.1. The number of aryl methyl sites for hydroxylation is 2. The second kappa shape index (κ2) is 7.06. The van der Waals surface area contributed by atoms with Crippen LogP contribution < -0.4 is 5.32 Å². The van der Waals surface area contributed by atoms with E-state index in [0.29, 0.717) is 25.5 Å². The van der Waals surface area contributed by atoms with E-state index in [2.05, 4.69) is 15.5 Å². The molecule has 124 valence electrons. The standard InChI is InChI=1S/C16H20FN3O3/c1-10-12(11(2)23-20-10)8-22-16-9-21-6-4-15(16)19-14-3-5-18-7-13(14)17/h3,5,7,15-16H,4,6,8-9H2,1-2H3,(H,18,19)/t15-,16-/m1/s1. The Hall–Kier alpha value is -1.99. The summed E-state index contributed by atoms with van der Waals surface area (Å²) in [5.41, 5.74) is 2.20. The Kier molecular flexibility index (Phi) is 4.88. The summed E-state index contributed by atoms with van der Waals surface area (Å²) in [7, 11) is 0. The van der Waals surface area contributed by atoms with Gasteiger partial charge in [0.15, 0.2) is 5.82 Å². The number of hydrogen-bond acceptors (Lipinski definition) is 6. The molecule has 2 aromatic heterocycles. The number of pyridine rings is 1. The summed E-state index contributed by atoms with van der Waals surface area (Å²) in [6.45, 7) is 5.22. The molecule has 3 rings (SSSR count). The highest BCUT2D eigenvalue weighted by molar-refractivity contribution is 5.44. The summed E-state index contributed by atoms with van der Waals surface area (Å²) in [4.78, 5) is 3.76. The molecule has 2 atom stereocenters.